The zero-order valence-corrected chi connectivity index (χ0v) is 7.59. The lowest BCUT2D eigenvalue weighted by Crippen LogP contribution is -2.39. The Morgan fingerprint density at radius 1 is 1.43 bits per heavy atom. The summed E-state index contributed by atoms with van der Waals surface area (Å²) in [6, 6.07) is -0.958. The summed E-state index contributed by atoms with van der Waals surface area (Å²) in [5.41, 5.74) is 0. The molecule has 1 fully saturated rings. The molecule has 0 aromatic rings. The van der Waals surface area contributed by atoms with Crippen molar-refractivity contribution in [3.8, 4) is 0 Å². The number of carbonyl (C=O) groups is 2. The molecule has 0 heterocycles. The van der Waals surface area contributed by atoms with E-state index in [4.69, 9.17) is 5.11 Å². The first-order valence-electron chi connectivity index (χ1n) is 4.19. The third kappa shape index (κ3) is 2.40. The van der Waals surface area contributed by atoms with Crippen molar-refractivity contribution >= 4 is 11.9 Å². The number of hydrogen-bond acceptors (Lipinski definition) is 2. The van der Waals surface area contributed by atoms with E-state index >= 15 is 0 Å². The van der Waals surface area contributed by atoms with Crippen molar-refractivity contribution in [1.29, 1.82) is 0 Å². The van der Waals surface area contributed by atoms with Crippen molar-refractivity contribution in [2.24, 2.45) is 5.92 Å². The zero-order chi connectivity index (χ0) is 10.9. The van der Waals surface area contributed by atoms with E-state index in [1.165, 1.54) is 6.92 Å². The van der Waals surface area contributed by atoms with Crippen molar-refractivity contribution in [3.63, 3.8) is 0 Å². The summed E-state index contributed by atoms with van der Waals surface area (Å²) in [6.45, 7) is 1.18. The molecule has 2 N–H and O–H groups in total. The first-order chi connectivity index (χ1) is 6.32. The van der Waals surface area contributed by atoms with E-state index < -0.39 is 42.6 Å². The van der Waals surface area contributed by atoms with E-state index in [0.29, 0.717) is 0 Å². The summed E-state index contributed by atoms with van der Waals surface area (Å²) in [7, 11) is 0. The predicted octanol–water partition coefficient (Wildman–Crippen LogP) is 0.621. The number of alkyl halides is 2. The predicted molar refractivity (Wildman–Crippen MR) is 42.9 cm³/mol. The van der Waals surface area contributed by atoms with Gasteiger partial charge in [0.15, 0.2) is 0 Å². The minimum Gasteiger partial charge on any atom is -0.481 e. The topological polar surface area (TPSA) is 66.4 Å². The molecule has 0 saturated heterocycles. The standard InChI is InChI=1S/C8H11F2NO3/c1-4(12)11-6-3-8(9,10)2-5(6)7(13)14/h5-6H,2-3H2,1H3,(H,11,12)(H,13,14)/t5-,6-/m1/s1. The quantitative estimate of drug-likeness (QED) is 0.697. The van der Waals surface area contributed by atoms with E-state index in [1.54, 1.807) is 0 Å². The first-order valence-corrected chi connectivity index (χ1v) is 4.19. The van der Waals surface area contributed by atoms with E-state index in [9.17, 15) is 18.4 Å². The van der Waals surface area contributed by atoms with Crippen LogP contribution in [0.4, 0.5) is 8.78 Å². The van der Waals surface area contributed by atoms with Crippen LogP contribution >= 0.6 is 0 Å². The van der Waals surface area contributed by atoms with E-state index in [0.717, 1.165) is 0 Å². The van der Waals surface area contributed by atoms with Crippen molar-refractivity contribution in [3.05, 3.63) is 0 Å². The Morgan fingerprint density at radius 3 is 2.43 bits per heavy atom. The Balaban J connectivity index is 2.72. The minimum atomic E-state index is -2.99. The highest BCUT2D eigenvalue weighted by molar-refractivity contribution is 5.76. The van der Waals surface area contributed by atoms with Crippen molar-refractivity contribution in [2.75, 3.05) is 0 Å². The molecule has 1 aliphatic rings. The van der Waals surface area contributed by atoms with E-state index in [-0.39, 0.29) is 0 Å². The molecule has 1 aliphatic carbocycles. The fourth-order valence-corrected chi connectivity index (χ4v) is 1.68. The Bertz CT molecular complexity index is 267. The molecule has 0 bridgehead atoms. The molecule has 0 aromatic heterocycles. The number of carboxylic acids is 1. The molecule has 0 aromatic carbocycles. The molecule has 0 radical (unpaired) electrons. The Kier molecular flexibility index (Phi) is 2.73. The fourth-order valence-electron chi connectivity index (χ4n) is 1.68. The number of hydrogen-bond donors (Lipinski definition) is 2. The van der Waals surface area contributed by atoms with Gasteiger partial charge in [0.05, 0.1) is 5.92 Å². The van der Waals surface area contributed by atoms with Gasteiger partial charge in [-0.05, 0) is 0 Å². The summed E-state index contributed by atoms with van der Waals surface area (Å²) in [5.74, 6) is -5.95. The van der Waals surface area contributed by atoms with Crippen molar-refractivity contribution < 1.29 is 23.5 Å². The number of halogens is 2. The Morgan fingerprint density at radius 2 is 2.00 bits per heavy atom. The zero-order valence-electron chi connectivity index (χ0n) is 7.59. The average Bonchev–Trinajstić information content (AvgIpc) is 2.24. The maximum absolute atomic E-state index is 12.8. The van der Waals surface area contributed by atoms with Crippen LogP contribution in [0.1, 0.15) is 19.8 Å². The van der Waals surface area contributed by atoms with E-state index in [1.807, 2.05) is 0 Å². The van der Waals surface area contributed by atoms with Gasteiger partial charge in [-0.25, -0.2) is 8.78 Å². The summed E-state index contributed by atoms with van der Waals surface area (Å²) in [6.07, 6.45) is -1.29. The lowest BCUT2D eigenvalue weighted by atomic mass is 10.0. The van der Waals surface area contributed by atoms with Crippen LogP contribution in [0.15, 0.2) is 0 Å². The average molecular weight is 207 g/mol. The van der Waals surface area contributed by atoms with Crippen molar-refractivity contribution in [2.45, 2.75) is 31.7 Å². The molecule has 0 unspecified atom stereocenters. The Labute approximate surface area is 79.3 Å². The first kappa shape index (κ1) is 10.9. The second kappa shape index (κ2) is 3.51. The molecule has 80 valence electrons. The van der Waals surface area contributed by atoms with E-state index in [2.05, 4.69) is 5.32 Å². The van der Waals surface area contributed by atoms with Gasteiger partial charge >= 0.3 is 5.97 Å². The van der Waals surface area contributed by atoms with Gasteiger partial charge < -0.3 is 10.4 Å². The van der Waals surface area contributed by atoms with Gasteiger partial charge in [-0.15, -0.1) is 0 Å². The van der Waals surface area contributed by atoms with Gasteiger partial charge in [-0.3, -0.25) is 9.59 Å². The largest absolute Gasteiger partial charge is 0.481 e. The molecule has 14 heavy (non-hydrogen) atoms. The SMILES string of the molecule is CC(=O)N[C@@H]1CC(F)(F)C[C@H]1C(=O)O. The highest BCUT2D eigenvalue weighted by Gasteiger charge is 2.49. The fraction of sp³-hybridized carbons (Fsp3) is 0.750. The number of amides is 1. The van der Waals surface area contributed by atoms with Crippen LogP contribution < -0.4 is 5.32 Å². The molecule has 0 aliphatic heterocycles. The van der Waals surface area contributed by atoms with Gasteiger partial charge in [0, 0.05) is 25.8 Å². The highest BCUT2D eigenvalue weighted by atomic mass is 19.3. The lowest BCUT2D eigenvalue weighted by Gasteiger charge is -2.14. The number of rotatable bonds is 2. The highest BCUT2D eigenvalue weighted by Crippen LogP contribution is 2.39. The molecule has 1 saturated carbocycles. The van der Waals surface area contributed by atoms with Gasteiger partial charge in [-0.1, -0.05) is 0 Å². The van der Waals surface area contributed by atoms with Crippen LogP contribution in [0.3, 0.4) is 0 Å². The molecular weight excluding hydrogens is 196 g/mol. The molecule has 1 amide bonds. The summed E-state index contributed by atoms with van der Waals surface area (Å²) >= 11 is 0. The summed E-state index contributed by atoms with van der Waals surface area (Å²) in [4.78, 5) is 21.2. The smallest absolute Gasteiger partial charge is 0.308 e. The van der Waals surface area contributed by atoms with Crippen LogP contribution in [0.25, 0.3) is 0 Å². The molecule has 0 spiro atoms. The third-order valence-electron chi connectivity index (χ3n) is 2.23. The summed E-state index contributed by atoms with van der Waals surface area (Å²) in [5, 5.41) is 10.9. The lowest BCUT2D eigenvalue weighted by molar-refractivity contribution is -0.143. The second-order valence-corrected chi connectivity index (χ2v) is 3.52. The second-order valence-electron chi connectivity index (χ2n) is 3.52. The molecule has 6 heteroatoms. The maximum atomic E-state index is 12.8. The van der Waals surface area contributed by atoms with Gasteiger partial charge in [0.25, 0.3) is 5.92 Å². The molecular formula is C8H11F2NO3. The minimum absolute atomic E-state index is 0.487. The molecule has 4 nitrogen and oxygen atoms in total. The molecule has 2 atom stereocenters. The van der Waals surface area contributed by atoms with Crippen LogP contribution in [0.2, 0.25) is 0 Å². The number of carbonyl (C=O) groups excluding carboxylic acids is 1. The van der Waals surface area contributed by atoms with Crippen LogP contribution in [-0.2, 0) is 9.59 Å². The van der Waals surface area contributed by atoms with Gasteiger partial charge in [0.1, 0.15) is 0 Å². The Hall–Kier alpha value is -1.20. The third-order valence-corrected chi connectivity index (χ3v) is 2.23. The number of nitrogens with one attached hydrogen (secondary N) is 1. The van der Waals surface area contributed by atoms with Gasteiger partial charge in [-0.2, -0.15) is 0 Å². The number of aliphatic carboxylic acids is 1. The van der Waals surface area contributed by atoms with Crippen molar-refractivity contribution in [1.82, 2.24) is 5.32 Å². The van der Waals surface area contributed by atoms with Crippen LogP contribution in [0, 0.1) is 5.92 Å². The van der Waals surface area contributed by atoms with Crippen LogP contribution in [-0.4, -0.2) is 28.9 Å². The monoisotopic (exact) mass is 207 g/mol. The van der Waals surface area contributed by atoms with Crippen LogP contribution in [0.5, 0.6) is 0 Å². The number of carboxylic acid groups (broad SMARTS) is 1. The molecule has 1 rings (SSSR count). The maximum Gasteiger partial charge on any atom is 0.308 e. The summed E-state index contributed by atoms with van der Waals surface area (Å²) < 4.78 is 25.7. The normalized spacial score (nSPS) is 29.9. The van der Waals surface area contributed by atoms with Gasteiger partial charge in [0.2, 0.25) is 5.91 Å².